The van der Waals surface area contributed by atoms with E-state index in [4.69, 9.17) is 0 Å². The molecule has 0 saturated heterocycles. The van der Waals surface area contributed by atoms with Crippen molar-refractivity contribution in [2.24, 2.45) is 0 Å². The van der Waals surface area contributed by atoms with E-state index in [1.54, 1.807) is 6.07 Å². The minimum atomic E-state index is -0.356. The minimum Gasteiger partial charge on any atom is -0.379 e. The first-order chi connectivity index (χ1) is 6.66. The first-order valence-electron chi connectivity index (χ1n) is 4.64. The van der Waals surface area contributed by atoms with Crippen molar-refractivity contribution in [2.75, 3.05) is 11.9 Å². The van der Waals surface area contributed by atoms with Crippen LogP contribution in [0.1, 0.15) is 18.9 Å². The van der Waals surface area contributed by atoms with Gasteiger partial charge in [-0.15, -0.1) is 0 Å². The smallest absolute Gasteiger partial charge is 0.292 e. The number of nitro groups is 1. The van der Waals surface area contributed by atoms with E-state index in [0.29, 0.717) is 5.69 Å². The Morgan fingerprint density at radius 1 is 1.50 bits per heavy atom. The van der Waals surface area contributed by atoms with Crippen molar-refractivity contribution >= 4 is 11.4 Å². The minimum absolute atomic E-state index is 0.151. The van der Waals surface area contributed by atoms with Crippen LogP contribution in [0.4, 0.5) is 11.4 Å². The molecule has 1 N–H and O–H groups in total. The Kier molecular flexibility index (Phi) is 3.45. The lowest BCUT2D eigenvalue weighted by Gasteiger charge is -2.08. The van der Waals surface area contributed by atoms with E-state index in [1.165, 1.54) is 6.07 Å². The quantitative estimate of drug-likeness (QED) is 0.592. The summed E-state index contributed by atoms with van der Waals surface area (Å²) < 4.78 is 0. The zero-order chi connectivity index (χ0) is 10.6. The molecule has 0 atom stereocenters. The Morgan fingerprint density at radius 3 is 2.79 bits per heavy atom. The fraction of sp³-hybridized carbons (Fsp3) is 0.400. The van der Waals surface area contributed by atoms with Crippen LogP contribution in [-0.2, 0) is 0 Å². The fourth-order valence-corrected chi connectivity index (χ4v) is 1.28. The van der Waals surface area contributed by atoms with E-state index < -0.39 is 0 Å². The highest BCUT2D eigenvalue weighted by Gasteiger charge is 2.13. The largest absolute Gasteiger partial charge is 0.379 e. The van der Waals surface area contributed by atoms with Crippen LogP contribution >= 0.6 is 0 Å². The van der Waals surface area contributed by atoms with Crippen LogP contribution in [0.25, 0.3) is 0 Å². The van der Waals surface area contributed by atoms with Gasteiger partial charge in [0.2, 0.25) is 0 Å². The molecule has 0 unspecified atom stereocenters. The Balaban J connectivity index is 3.02. The predicted molar refractivity (Wildman–Crippen MR) is 56.6 cm³/mol. The summed E-state index contributed by atoms with van der Waals surface area (Å²) >= 11 is 0. The molecule has 4 heteroatoms. The van der Waals surface area contributed by atoms with E-state index in [2.05, 4.69) is 5.32 Å². The van der Waals surface area contributed by atoms with Crippen molar-refractivity contribution in [1.82, 2.24) is 0 Å². The Morgan fingerprint density at radius 2 is 2.21 bits per heavy atom. The number of para-hydroxylation sites is 1. The molecule has 14 heavy (non-hydrogen) atoms. The van der Waals surface area contributed by atoms with Crippen molar-refractivity contribution in [3.05, 3.63) is 33.9 Å². The molecule has 0 bridgehead atoms. The van der Waals surface area contributed by atoms with Gasteiger partial charge in [-0.3, -0.25) is 10.1 Å². The maximum atomic E-state index is 10.7. The predicted octanol–water partition coefficient (Wildman–Crippen LogP) is 2.73. The lowest BCUT2D eigenvalue weighted by Crippen LogP contribution is -2.04. The van der Waals surface area contributed by atoms with Crippen molar-refractivity contribution < 1.29 is 4.92 Å². The van der Waals surface area contributed by atoms with Crippen LogP contribution in [0.15, 0.2) is 18.2 Å². The number of rotatable bonds is 4. The second-order valence-electron chi connectivity index (χ2n) is 3.15. The first kappa shape index (κ1) is 10.5. The molecule has 0 spiro atoms. The number of nitrogens with zero attached hydrogens (tertiary/aromatic N) is 1. The van der Waals surface area contributed by atoms with Gasteiger partial charge in [-0.1, -0.05) is 19.1 Å². The van der Waals surface area contributed by atoms with Gasteiger partial charge >= 0.3 is 0 Å². The molecule has 0 aliphatic carbocycles. The number of anilines is 1. The van der Waals surface area contributed by atoms with Gasteiger partial charge in [0.05, 0.1) is 4.92 Å². The summed E-state index contributed by atoms with van der Waals surface area (Å²) in [5, 5.41) is 13.8. The maximum absolute atomic E-state index is 10.7. The zero-order valence-corrected chi connectivity index (χ0v) is 8.41. The molecule has 4 nitrogen and oxygen atoms in total. The Hall–Kier alpha value is -1.58. The molecule has 0 aliphatic heterocycles. The summed E-state index contributed by atoms with van der Waals surface area (Å²) in [7, 11) is 0. The third-order valence-electron chi connectivity index (χ3n) is 2.00. The number of hydrogen-bond donors (Lipinski definition) is 1. The second-order valence-corrected chi connectivity index (χ2v) is 3.15. The summed E-state index contributed by atoms with van der Waals surface area (Å²) in [6, 6.07) is 5.08. The summed E-state index contributed by atoms with van der Waals surface area (Å²) in [6.45, 7) is 4.65. The van der Waals surface area contributed by atoms with E-state index in [0.717, 1.165) is 18.5 Å². The van der Waals surface area contributed by atoms with E-state index in [1.807, 2.05) is 19.9 Å². The highest BCUT2D eigenvalue weighted by Crippen LogP contribution is 2.27. The Bertz CT molecular complexity index is 337. The number of aryl methyl sites for hydroxylation is 1. The molecule has 0 fully saturated rings. The third kappa shape index (κ3) is 2.22. The van der Waals surface area contributed by atoms with Crippen molar-refractivity contribution in [1.29, 1.82) is 0 Å². The molecule has 1 rings (SSSR count). The third-order valence-corrected chi connectivity index (χ3v) is 2.00. The average molecular weight is 194 g/mol. The zero-order valence-electron chi connectivity index (χ0n) is 8.41. The number of nitro benzene ring substituents is 1. The second kappa shape index (κ2) is 4.60. The number of nitrogens with one attached hydrogen (secondary N) is 1. The standard InChI is InChI=1S/C10H14N2O2/c1-3-7-11-10-8(2)5-4-6-9(10)12(13)14/h4-6,11H,3,7H2,1-2H3. The summed E-state index contributed by atoms with van der Waals surface area (Å²) in [6.07, 6.45) is 0.950. The lowest BCUT2D eigenvalue weighted by molar-refractivity contribution is -0.384. The van der Waals surface area contributed by atoms with Crippen LogP contribution in [0, 0.1) is 17.0 Å². The van der Waals surface area contributed by atoms with Crippen LogP contribution in [-0.4, -0.2) is 11.5 Å². The summed E-state index contributed by atoms with van der Waals surface area (Å²) in [4.78, 5) is 10.3. The normalized spacial score (nSPS) is 9.86. The molecule has 1 aromatic carbocycles. The van der Waals surface area contributed by atoms with Gasteiger partial charge < -0.3 is 5.32 Å². The highest BCUT2D eigenvalue weighted by atomic mass is 16.6. The molecule has 0 heterocycles. The van der Waals surface area contributed by atoms with Gasteiger partial charge in [0.15, 0.2) is 0 Å². The summed E-state index contributed by atoms with van der Waals surface area (Å²) in [5.41, 5.74) is 1.70. The first-order valence-corrected chi connectivity index (χ1v) is 4.64. The van der Waals surface area contributed by atoms with Gasteiger partial charge in [-0.2, -0.15) is 0 Å². The van der Waals surface area contributed by atoms with E-state index in [9.17, 15) is 10.1 Å². The van der Waals surface area contributed by atoms with Gasteiger partial charge in [0, 0.05) is 12.6 Å². The summed E-state index contributed by atoms with van der Waals surface area (Å²) in [5.74, 6) is 0. The SMILES string of the molecule is CCCNc1c(C)cccc1[N+](=O)[O-]. The molecule has 76 valence electrons. The Labute approximate surface area is 83.1 Å². The van der Waals surface area contributed by atoms with Crippen molar-refractivity contribution in [2.45, 2.75) is 20.3 Å². The van der Waals surface area contributed by atoms with E-state index in [-0.39, 0.29) is 10.6 Å². The van der Waals surface area contributed by atoms with Gasteiger partial charge in [-0.05, 0) is 18.9 Å². The molecular weight excluding hydrogens is 180 g/mol. The molecule has 1 aromatic rings. The maximum Gasteiger partial charge on any atom is 0.292 e. The highest BCUT2D eigenvalue weighted by molar-refractivity contribution is 5.65. The van der Waals surface area contributed by atoms with Crippen molar-refractivity contribution in [3.63, 3.8) is 0 Å². The topological polar surface area (TPSA) is 55.2 Å². The van der Waals surface area contributed by atoms with Crippen LogP contribution in [0.5, 0.6) is 0 Å². The molecule has 0 radical (unpaired) electrons. The van der Waals surface area contributed by atoms with E-state index >= 15 is 0 Å². The molecule has 0 aromatic heterocycles. The molecular formula is C10H14N2O2. The van der Waals surface area contributed by atoms with Gasteiger partial charge in [0.1, 0.15) is 5.69 Å². The molecule has 0 saturated carbocycles. The average Bonchev–Trinajstić information content (AvgIpc) is 2.15. The van der Waals surface area contributed by atoms with Gasteiger partial charge in [0.25, 0.3) is 5.69 Å². The van der Waals surface area contributed by atoms with Gasteiger partial charge in [-0.25, -0.2) is 0 Å². The molecule has 0 amide bonds. The lowest BCUT2D eigenvalue weighted by atomic mass is 10.1. The fourth-order valence-electron chi connectivity index (χ4n) is 1.28. The van der Waals surface area contributed by atoms with Crippen LogP contribution in [0.2, 0.25) is 0 Å². The van der Waals surface area contributed by atoms with Crippen molar-refractivity contribution in [3.8, 4) is 0 Å². The number of benzene rings is 1. The number of hydrogen-bond acceptors (Lipinski definition) is 3. The van der Waals surface area contributed by atoms with Crippen LogP contribution < -0.4 is 5.32 Å². The monoisotopic (exact) mass is 194 g/mol. The van der Waals surface area contributed by atoms with Crippen LogP contribution in [0.3, 0.4) is 0 Å². The molecule has 0 aliphatic rings.